The van der Waals surface area contributed by atoms with Crippen LogP contribution in [0.5, 0.6) is 0 Å². The molecular formula is C13H16BrFN2O3S. The van der Waals surface area contributed by atoms with E-state index in [1.54, 1.807) is 0 Å². The van der Waals surface area contributed by atoms with Gasteiger partial charge in [0.1, 0.15) is 10.7 Å². The maximum absolute atomic E-state index is 13.4. The number of nitrogens with zero attached hydrogens (tertiary/aromatic N) is 1. The molecule has 116 valence electrons. The van der Waals surface area contributed by atoms with Gasteiger partial charge in [0.05, 0.1) is 28.9 Å². The molecule has 3 rings (SSSR count). The van der Waals surface area contributed by atoms with Crippen molar-refractivity contribution in [3.8, 4) is 0 Å². The van der Waals surface area contributed by atoms with Crippen LogP contribution in [-0.2, 0) is 14.8 Å². The second-order valence-corrected chi connectivity index (χ2v) is 8.04. The zero-order valence-corrected chi connectivity index (χ0v) is 13.7. The van der Waals surface area contributed by atoms with Crippen molar-refractivity contribution >= 4 is 31.6 Å². The number of morpholine rings is 1. The van der Waals surface area contributed by atoms with Crippen molar-refractivity contribution in [3.63, 3.8) is 0 Å². The molecule has 5 nitrogen and oxygen atoms in total. The molecule has 1 aliphatic heterocycles. The minimum atomic E-state index is -3.75. The van der Waals surface area contributed by atoms with E-state index in [2.05, 4.69) is 15.9 Å². The highest BCUT2D eigenvalue weighted by molar-refractivity contribution is 9.10. The van der Waals surface area contributed by atoms with E-state index in [4.69, 9.17) is 10.5 Å². The molecule has 2 fully saturated rings. The second-order valence-electron chi connectivity index (χ2n) is 5.33. The first-order chi connectivity index (χ1) is 9.91. The summed E-state index contributed by atoms with van der Waals surface area (Å²) < 4.78 is 46.4. The number of fused-ring (bicyclic) bond motifs is 1. The Bertz CT molecular complexity index is 668. The van der Waals surface area contributed by atoms with Gasteiger partial charge in [-0.05, 0) is 47.3 Å². The number of halogens is 2. The zero-order chi connectivity index (χ0) is 15.2. The first-order valence-corrected chi connectivity index (χ1v) is 9.02. The Morgan fingerprint density at radius 3 is 2.90 bits per heavy atom. The lowest BCUT2D eigenvalue weighted by Crippen LogP contribution is -2.51. The normalized spacial score (nSPS) is 26.8. The molecule has 1 aliphatic carbocycles. The van der Waals surface area contributed by atoms with E-state index in [9.17, 15) is 12.8 Å². The number of nitrogens with two attached hydrogens (primary N) is 1. The average Bonchev–Trinajstić information content (AvgIpc) is 2.90. The van der Waals surface area contributed by atoms with Gasteiger partial charge in [0.2, 0.25) is 10.0 Å². The summed E-state index contributed by atoms with van der Waals surface area (Å²) in [6.45, 7) is 0.681. The van der Waals surface area contributed by atoms with E-state index in [1.807, 2.05) is 0 Å². The van der Waals surface area contributed by atoms with Crippen LogP contribution in [0.3, 0.4) is 0 Å². The van der Waals surface area contributed by atoms with E-state index in [0.717, 1.165) is 25.3 Å². The smallest absolute Gasteiger partial charge is 0.245 e. The topological polar surface area (TPSA) is 72.6 Å². The Hall–Kier alpha value is -0.700. The van der Waals surface area contributed by atoms with Crippen LogP contribution in [0.25, 0.3) is 0 Å². The van der Waals surface area contributed by atoms with Gasteiger partial charge in [0.15, 0.2) is 0 Å². The minimum Gasteiger partial charge on any atom is -0.398 e. The fourth-order valence-corrected chi connectivity index (χ4v) is 5.37. The highest BCUT2D eigenvalue weighted by Crippen LogP contribution is 2.35. The molecule has 0 aromatic heterocycles. The largest absolute Gasteiger partial charge is 0.398 e. The van der Waals surface area contributed by atoms with Crippen LogP contribution in [-0.4, -0.2) is 38.0 Å². The van der Waals surface area contributed by atoms with E-state index in [0.29, 0.717) is 13.2 Å². The zero-order valence-electron chi connectivity index (χ0n) is 11.3. The number of anilines is 1. The summed E-state index contributed by atoms with van der Waals surface area (Å²) in [5.74, 6) is -0.577. The van der Waals surface area contributed by atoms with Gasteiger partial charge in [-0.25, -0.2) is 12.8 Å². The van der Waals surface area contributed by atoms with Gasteiger partial charge >= 0.3 is 0 Å². The monoisotopic (exact) mass is 378 g/mol. The summed E-state index contributed by atoms with van der Waals surface area (Å²) in [7, 11) is -3.75. The van der Waals surface area contributed by atoms with Crippen molar-refractivity contribution < 1.29 is 17.5 Å². The first-order valence-electron chi connectivity index (χ1n) is 6.79. The Kier molecular flexibility index (Phi) is 3.98. The van der Waals surface area contributed by atoms with Crippen LogP contribution in [0.15, 0.2) is 21.5 Å². The van der Waals surface area contributed by atoms with Gasteiger partial charge in [-0.15, -0.1) is 0 Å². The van der Waals surface area contributed by atoms with Crippen molar-refractivity contribution in [3.05, 3.63) is 22.4 Å². The number of ether oxygens (including phenoxy) is 1. The molecule has 1 saturated heterocycles. The van der Waals surface area contributed by atoms with E-state index in [1.165, 1.54) is 10.4 Å². The summed E-state index contributed by atoms with van der Waals surface area (Å²) in [6.07, 6.45) is 2.56. The summed E-state index contributed by atoms with van der Waals surface area (Å²) >= 11 is 3.01. The number of nitrogen functional groups attached to an aromatic ring is 1. The van der Waals surface area contributed by atoms with Gasteiger partial charge in [-0.2, -0.15) is 4.31 Å². The van der Waals surface area contributed by atoms with E-state index in [-0.39, 0.29) is 27.2 Å². The van der Waals surface area contributed by atoms with Crippen LogP contribution < -0.4 is 5.73 Å². The molecule has 0 radical (unpaired) electrons. The van der Waals surface area contributed by atoms with Crippen LogP contribution in [0.4, 0.5) is 10.1 Å². The highest BCUT2D eigenvalue weighted by Gasteiger charge is 2.42. The van der Waals surface area contributed by atoms with Crippen LogP contribution in [0, 0.1) is 5.82 Å². The molecule has 2 atom stereocenters. The molecule has 1 aromatic rings. The Balaban J connectivity index is 2.02. The van der Waals surface area contributed by atoms with Crippen LogP contribution in [0.1, 0.15) is 19.3 Å². The summed E-state index contributed by atoms with van der Waals surface area (Å²) in [4.78, 5) is -0.0525. The van der Waals surface area contributed by atoms with Gasteiger partial charge in [-0.3, -0.25) is 0 Å². The molecule has 1 heterocycles. The molecule has 1 saturated carbocycles. The maximum Gasteiger partial charge on any atom is 0.245 e. The maximum atomic E-state index is 13.4. The Morgan fingerprint density at radius 2 is 2.14 bits per heavy atom. The quantitative estimate of drug-likeness (QED) is 0.799. The third-order valence-corrected chi connectivity index (χ3v) is 6.66. The number of hydrogen-bond donors (Lipinski definition) is 1. The third kappa shape index (κ3) is 2.58. The van der Waals surface area contributed by atoms with Crippen LogP contribution in [0.2, 0.25) is 0 Å². The van der Waals surface area contributed by atoms with Crippen molar-refractivity contribution in [2.75, 3.05) is 18.9 Å². The highest BCUT2D eigenvalue weighted by atomic mass is 79.9. The molecule has 1 aromatic carbocycles. The lowest BCUT2D eigenvalue weighted by molar-refractivity contribution is -0.0241. The van der Waals surface area contributed by atoms with Crippen molar-refractivity contribution in [2.24, 2.45) is 0 Å². The SMILES string of the molecule is Nc1cc(F)c(Br)cc1S(=O)(=O)N1CCOC2CCCC21. The number of benzene rings is 1. The molecule has 8 heteroatoms. The van der Waals surface area contributed by atoms with E-state index >= 15 is 0 Å². The molecule has 2 aliphatic rings. The Morgan fingerprint density at radius 1 is 1.38 bits per heavy atom. The van der Waals surface area contributed by atoms with Crippen molar-refractivity contribution in [2.45, 2.75) is 36.3 Å². The molecule has 2 N–H and O–H groups in total. The molecule has 0 amide bonds. The predicted molar refractivity (Wildman–Crippen MR) is 79.8 cm³/mol. The molecule has 0 bridgehead atoms. The summed E-state index contributed by atoms with van der Waals surface area (Å²) in [5.41, 5.74) is 5.65. The van der Waals surface area contributed by atoms with Crippen molar-refractivity contribution in [1.29, 1.82) is 0 Å². The number of sulfonamides is 1. The average molecular weight is 379 g/mol. The summed E-state index contributed by atoms with van der Waals surface area (Å²) in [5, 5.41) is 0. The molecule has 21 heavy (non-hydrogen) atoms. The number of rotatable bonds is 2. The van der Waals surface area contributed by atoms with Crippen molar-refractivity contribution in [1.82, 2.24) is 4.31 Å². The molecule has 0 spiro atoms. The van der Waals surface area contributed by atoms with Gasteiger partial charge in [0.25, 0.3) is 0 Å². The van der Waals surface area contributed by atoms with E-state index < -0.39 is 15.8 Å². The first kappa shape index (κ1) is 15.2. The fourth-order valence-electron chi connectivity index (χ4n) is 3.08. The predicted octanol–water partition coefficient (Wildman–Crippen LogP) is 2.11. The number of hydrogen-bond acceptors (Lipinski definition) is 4. The minimum absolute atomic E-state index is 0.0429. The Labute approximate surface area is 131 Å². The van der Waals surface area contributed by atoms with Gasteiger partial charge in [0, 0.05) is 6.54 Å². The molecular weight excluding hydrogens is 363 g/mol. The lowest BCUT2D eigenvalue weighted by atomic mass is 10.2. The molecule has 2 unspecified atom stereocenters. The van der Waals surface area contributed by atoms with Gasteiger partial charge in [-0.1, -0.05) is 0 Å². The second kappa shape index (κ2) is 5.49. The standard InChI is InChI=1S/C13H16BrFN2O3S/c14-8-6-13(10(16)7-9(8)15)21(18,19)17-4-5-20-12-3-1-2-11(12)17/h6-7,11-12H,1-5,16H2. The van der Waals surface area contributed by atoms with Gasteiger partial charge < -0.3 is 10.5 Å². The van der Waals surface area contributed by atoms with Crippen LogP contribution >= 0.6 is 15.9 Å². The lowest BCUT2D eigenvalue weighted by Gasteiger charge is -2.36. The third-order valence-electron chi connectivity index (χ3n) is 4.07. The fraction of sp³-hybridized carbons (Fsp3) is 0.538. The summed E-state index contributed by atoms with van der Waals surface area (Å²) in [6, 6.07) is 2.12.